The molecule has 1 aliphatic heterocycles. The molecule has 0 aliphatic carbocycles. The molecule has 0 aromatic heterocycles. The van der Waals surface area contributed by atoms with E-state index < -0.39 is 0 Å². The fourth-order valence-corrected chi connectivity index (χ4v) is 1.45. The molecule has 2 heteroatoms. The molecule has 1 rings (SSSR count). The van der Waals surface area contributed by atoms with Gasteiger partial charge in [0.1, 0.15) is 6.29 Å². The van der Waals surface area contributed by atoms with Crippen molar-refractivity contribution in [1.29, 1.82) is 0 Å². The highest BCUT2D eigenvalue weighted by atomic mass is 16.5. The van der Waals surface area contributed by atoms with Crippen molar-refractivity contribution < 1.29 is 9.53 Å². The highest BCUT2D eigenvalue weighted by Crippen LogP contribution is 2.32. The summed E-state index contributed by atoms with van der Waals surface area (Å²) in [6.45, 7) is 4.91. The summed E-state index contributed by atoms with van der Waals surface area (Å²) < 4.78 is 5.45. The number of rotatable bonds is 2. The van der Waals surface area contributed by atoms with E-state index in [2.05, 4.69) is 0 Å². The van der Waals surface area contributed by atoms with Gasteiger partial charge in [0, 0.05) is 13.0 Å². The molecule has 0 N–H and O–H groups in total. The number of carbonyl (C=O) groups is 1. The number of aldehydes is 1. The number of carbonyl (C=O) groups excluding carboxylic acids is 1. The predicted octanol–water partition coefficient (Wildman–Crippen LogP) is 1.39. The first kappa shape index (κ1) is 7.73. The zero-order valence-corrected chi connectivity index (χ0v) is 6.59. The number of hydrogen-bond acceptors (Lipinski definition) is 2. The van der Waals surface area contributed by atoms with Gasteiger partial charge in [-0.15, -0.1) is 0 Å². The highest BCUT2D eigenvalue weighted by Gasteiger charge is 2.34. The van der Waals surface area contributed by atoms with Crippen molar-refractivity contribution in [3.05, 3.63) is 0 Å². The van der Waals surface area contributed by atoms with Gasteiger partial charge in [-0.25, -0.2) is 0 Å². The lowest BCUT2D eigenvalue weighted by atomic mass is 9.89. The smallest absolute Gasteiger partial charge is 0.120 e. The van der Waals surface area contributed by atoms with Crippen molar-refractivity contribution in [2.24, 2.45) is 5.92 Å². The predicted molar refractivity (Wildman–Crippen MR) is 38.8 cm³/mol. The van der Waals surface area contributed by atoms with Crippen molar-refractivity contribution in [2.75, 3.05) is 6.61 Å². The Labute approximate surface area is 61.6 Å². The Hall–Kier alpha value is -0.370. The van der Waals surface area contributed by atoms with Crippen LogP contribution in [0, 0.1) is 5.92 Å². The molecule has 0 unspecified atom stereocenters. The van der Waals surface area contributed by atoms with E-state index in [4.69, 9.17) is 4.74 Å². The second kappa shape index (κ2) is 2.70. The van der Waals surface area contributed by atoms with Gasteiger partial charge in [-0.1, -0.05) is 0 Å². The maximum absolute atomic E-state index is 10.2. The molecular weight excluding hydrogens is 128 g/mol. The van der Waals surface area contributed by atoms with E-state index in [9.17, 15) is 4.79 Å². The van der Waals surface area contributed by atoms with E-state index in [0.717, 1.165) is 19.3 Å². The van der Waals surface area contributed by atoms with Crippen LogP contribution in [0.5, 0.6) is 0 Å². The van der Waals surface area contributed by atoms with Gasteiger partial charge < -0.3 is 9.53 Å². The molecular formula is C8H14O2. The van der Waals surface area contributed by atoms with Gasteiger partial charge in [0.05, 0.1) is 5.60 Å². The fourth-order valence-electron chi connectivity index (χ4n) is 1.45. The van der Waals surface area contributed by atoms with Crippen LogP contribution in [0.3, 0.4) is 0 Å². The minimum absolute atomic E-state index is 0.0685. The lowest BCUT2D eigenvalue weighted by molar-refractivity contribution is -0.109. The van der Waals surface area contributed by atoms with Crippen LogP contribution in [-0.2, 0) is 9.53 Å². The summed E-state index contributed by atoms with van der Waals surface area (Å²) in [5.74, 6) is 0.435. The van der Waals surface area contributed by atoms with Crippen LogP contribution < -0.4 is 0 Å². The molecule has 2 nitrogen and oxygen atoms in total. The molecule has 0 aromatic rings. The summed E-state index contributed by atoms with van der Waals surface area (Å²) in [4.78, 5) is 10.2. The summed E-state index contributed by atoms with van der Waals surface area (Å²) in [6, 6.07) is 0. The molecule has 1 fully saturated rings. The van der Waals surface area contributed by atoms with Crippen molar-refractivity contribution >= 4 is 6.29 Å². The average Bonchev–Trinajstić information content (AvgIpc) is 2.13. The van der Waals surface area contributed by atoms with Gasteiger partial charge in [-0.3, -0.25) is 0 Å². The van der Waals surface area contributed by atoms with Gasteiger partial charge in [-0.05, 0) is 26.2 Å². The third kappa shape index (κ3) is 1.37. The maximum Gasteiger partial charge on any atom is 0.120 e. The van der Waals surface area contributed by atoms with Crippen molar-refractivity contribution in [3.63, 3.8) is 0 Å². The average molecular weight is 142 g/mol. The van der Waals surface area contributed by atoms with Gasteiger partial charge in [0.25, 0.3) is 0 Å². The third-order valence-corrected chi connectivity index (χ3v) is 2.30. The highest BCUT2D eigenvalue weighted by molar-refractivity contribution is 5.50. The summed E-state index contributed by atoms with van der Waals surface area (Å²) in [5.41, 5.74) is -0.0685. The fraction of sp³-hybridized carbons (Fsp3) is 0.875. The molecule has 1 saturated heterocycles. The normalized spacial score (nSPS) is 30.4. The topological polar surface area (TPSA) is 26.3 Å². The second-order valence-electron chi connectivity index (χ2n) is 3.34. The molecule has 0 aromatic carbocycles. The monoisotopic (exact) mass is 142 g/mol. The third-order valence-electron chi connectivity index (χ3n) is 2.30. The molecule has 0 amide bonds. The first-order valence-electron chi connectivity index (χ1n) is 3.74. The Kier molecular flexibility index (Phi) is 2.09. The van der Waals surface area contributed by atoms with Crippen LogP contribution >= 0.6 is 0 Å². The zero-order chi connectivity index (χ0) is 7.61. The lowest BCUT2D eigenvalue weighted by Gasteiger charge is -2.23. The standard InChI is InChI=1S/C8H14O2/c1-8(2)7(3-5-9)4-6-10-8/h5,7H,3-4,6H2,1-2H3/t7-/m0/s1. The number of ether oxygens (including phenoxy) is 1. The molecule has 1 aliphatic rings. The van der Waals surface area contributed by atoms with Gasteiger partial charge in [-0.2, -0.15) is 0 Å². The van der Waals surface area contributed by atoms with Gasteiger partial charge in [0.2, 0.25) is 0 Å². The Balaban J connectivity index is 2.50. The molecule has 0 saturated carbocycles. The van der Waals surface area contributed by atoms with E-state index in [1.165, 1.54) is 0 Å². The van der Waals surface area contributed by atoms with Gasteiger partial charge >= 0.3 is 0 Å². The van der Waals surface area contributed by atoms with Gasteiger partial charge in [0.15, 0.2) is 0 Å². The second-order valence-corrected chi connectivity index (χ2v) is 3.34. The minimum atomic E-state index is -0.0685. The lowest BCUT2D eigenvalue weighted by Crippen LogP contribution is -2.27. The van der Waals surface area contributed by atoms with Crippen molar-refractivity contribution in [2.45, 2.75) is 32.3 Å². The Morgan fingerprint density at radius 1 is 1.70 bits per heavy atom. The van der Waals surface area contributed by atoms with Crippen LogP contribution in [0.25, 0.3) is 0 Å². The first-order valence-corrected chi connectivity index (χ1v) is 3.74. The molecule has 0 spiro atoms. The SMILES string of the molecule is CC1(C)OCC[C@@H]1CC=O. The molecule has 1 heterocycles. The molecule has 1 atom stereocenters. The van der Waals surface area contributed by atoms with Crippen LogP contribution in [-0.4, -0.2) is 18.5 Å². The van der Waals surface area contributed by atoms with Crippen LogP contribution in [0.2, 0.25) is 0 Å². The first-order chi connectivity index (χ1) is 4.67. The molecule has 58 valence electrons. The van der Waals surface area contributed by atoms with Crippen LogP contribution in [0.4, 0.5) is 0 Å². The summed E-state index contributed by atoms with van der Waals surface area (Å²) in [6.07, 6.45) is 2.67. The Bertz CT molecular complexity index is 129. The largest absolute Gasteiger partial charge is 0.375 e. The van der Waals surface area contributed by atoms with E-state index in [0.29, 0.717) is 12.3 Å². The van der Waals surface area contributed by atoms with Crippen molar-refractivity contribution in [1.82, 2.24) is 0 Å². The summed E-state index contributed by atoms with van der Waals surface area (Å²) in [5, 5.41) is 0. The van der Waals surface area contributed by atoms with E-state index in [1.807, 2.05) is 13.8 Å². The quantitative estimate of drug-likeness (QED) is 0.544. The molecule has 0 bridgehead atoms. The summed E-state index contributed by atoms with van der Waals surface area (Å²) in [7, 11) is 0. The maximum atomic E-state index is 10.2. The summed E-state index contributed by atoms with van der Waals surface area (Å²) >= 11 is 0. The van der Waals surface area contributed by atoms with Crippen LogP contribution in [0.1, 0.15) is 26.7 Å². The minimum Gasteiger partial charge on any atom is -0.375 e. The Morgan fingerprint density at radius 2 is 2.40 bits per heavy atom. The van der Waals surface area contributed by atoms with Crippen molar-refractivity contribution in [3.8, 4) is 0 Å². The number of hydrogen-bond donors (Lipinski definition) is 0. The zero-order valence-electron chi connectivity index (χ0n) is 6.59. The molecule has 10 heavy (non-hydrogen) atoms. The van der Waals surface area contributed by atoms with E-state index in [1.54, 1.807) is 0 Å². The van der Waals surface area contributed by atoms with E-state index in [-0.39, 0.29) is 5.60 Å². The van der Waals surface area contributed by atoms with E-state index >= 15 is 0 Å². The Morgan fingerprint density at radius 3 is 2.80 bits per heavy atom. The van der Waals surface area contributed by atoms with Crippen LogP contribution in [0.15, 0.2) is 0 Å². The molecule has 0 radical (unpaired) electrons.